The van der Waals surface area contributed by atoms with E-state index in [1.807, 2.05) is 23.1 Å². The Labute approximate surface area is 159 Å². The third-order valence-electron chi connectivity index (χ3n) is 6.22. The lowest BCUT2D eigenvalue weighted by Gasteiger charge is -2.33. The first-order chi connectivity index (χ1) is 13.3. The van der Waals surface area contributed by atoms with Gasteiger partial charge in [-0.15, -0.1) is 0 Å². The number of ether oxygens (including phenoxy) is 1. The van der Waals surface area contributed by atoms with Crippen LogP contribution in [0.5, 0.6) is 0 Å². The number of nitrogens with zero attached hydrogens (tertiary/aromatic N) is 1. The van der Waals surface area contributed by atoms with E-state index in [-0.39, 0.29) is 30.7 Å². The number of hydrogen-bond acceptors (Lipinski definition) is 3. The van der Waals surface area contributed by atoms with Crippen molar-refractivity contribution in [1.82, 2.24) is 4.90 Å². The molecule has 2 atom stereocenters. The molecule has 1 fully saturated rings. The lowest BCUT2D eigenvalue weighted by Crippen LogP contribution is -2.44. The van der Waals surface area contributed by atoms with Crippen molar-refractivity contribution in [2.75, 3.05) is 13.2 Å². The Hall–Kier alpha value is -2.59. The average molecular weight is 361 g/mol. The Morgan fingerprint density at radius 1 is 1.04 bits per heavy atom. The van der Waals surface area contributed by atoms with Crippen molar-refractivity contribution in [3.63, 3.8) is 0 Å². The molecule has 2 aromatic rings. The smallest absolute Gasteiger partial charge is 0.410 e. The highest BCUT2D eigenvalue weighted by molar-refractivity contribution is 5.79. The van der Waals surface area contributed by atoms with E-state index in [2.05, 4.69) is 36.4 Å². The molecule has 2 aromatic carbocycles. The van der Waals surface area contributed by atoms with E-state index < -0.39 is 0 Å². The highest BCUT2D eigenvalue weighted by Gasteiger charge is 2.40. The van der Waals surface area contributed by atoms with E-state index in [0.717, 1.165) is 24.8 Å². The van der Waals surface area contributed by atoms with Crippen LogP contribution in [0.4, 0.5) is 4.79 Å². The van der Waals surface area contributed by atoms with Gasteiger partial charge in [0.05, 0.1) is 12.6 Å². The second kappa shape index (κ2) is 6.54. The Kier molecular flexibility index (Phi) is 4.01. The molecule has 2 aliphatic heterocycles. The molecule has 1 N–H and O–H groups in total. The van der Waals surface area contributed by atoms with Gasteiger partial charge in [0.2, 0.25) is 0 Å². The summed E-state index contributed by atoms with van der Waals surface area (Å²) < 4.78 is 5.82. The maximum atomic E-state index is 12.8. The van der Waals surface area contributed by atoms with Crippen molar-refractivity contribution in [1.29, 1.82) is 0 Å². The zero-order valence-corrected chi connectivity index (χ0v) is 15.2. The van der Waals surface area contributed by atoms with Crippen molar-refractivity contribution in [3.8, 4) is 11.1 Å². The van der Waals surface area contributed by atoms with Crippen LogP contribution in [0.1, 0.15) is 36.3 Å². The van der Waals surface area contributed by atoms with Crippen LogP contribution in [0.25, 0.3) is 11.1 Å². The number of fused-ring (bicyclic) bond motifs is 5. The van der Waals surface area contributed by atoms with Crippen LogP contribution in [-0.4, -0.2) is 41.4 Å². The first kappa shape index (κ1) is 16.6. The molecule has 1 amide bonds. The zero-order valence-electron chi connectivity index (χ0n) is 15.2. The molecule has 2 unspecified atom stereocenters. The molecular weight excluding hydrogens is 338 g/mol. The van der Waals surface area contributed by atoms with Crippen molar-refractivity contribution in [2.24, 2.45) is 0 Å². The van der Waals surface area contributed by atoms with Crippen molar-refractivity contribution < 1.29 is 14.6 Å². The summed E-state index contributed by atoms with van der Waals surface area (Å²) in [6.45, 7) is 0.449. The second-order valence-electron chi connectivity index (χ2n) is 7.70. The van der Waals surface area contributed by atoms with Gasteiger partial charge in [-0.25, -0.2) is 4.79 Å². The van der Waals surface area contributed by atoms with E-state index in [1.54, 1.807) is 0 Å². The quantitative estimate of drug-likeness (QED) is 0.838. The second-order valence-corrected chi connectivity index (χ2v) is 7.70. The maximum Gasteiger partial charge on any atom is 0.410 e. The van der Waals surface area contributed by atoms with Gasteiger partial charge in [-0.1, -0.05) is 54.6 Å². The third-order valence-corrected chi connectivity index (χ3v) is 6.22. The Bertz CT molecular complexity index is 874. The van der Waals surface area contributed by atoms with Crippen LogP contribution in [0, 0.1) is 0 Å². The SMILES string of the molecule is O=C(OCC1c2ccccc2-c2ccccc21)N1C2C=C(CO)CC1CC2. The minimum absolute atomic E-state index is 0.0709. The number of rotatable bonds is 3. The minimum atomic E-state index is -0.224. The number of hydrogen-bond donors (Lipinski definition) is 1. The molecule has 4 heteroatoms. The average Bonchev–Trinajstić information content (AvgIpc) is 3.17. The van der Waals surface area contributed by atoms with Crippen LogP contribution in [-0.2, 0) is 4.74 Å². The van der Waals surface area contributed by atoms with Gasteiger partial charge in [-0.3, -0.25) is 4.90 Å². The van der Waals surface area contributed by atoms with E-state index >= 15 is 0 Å². The van der Waals surface area contributed by atoms with E-state index in [1.165, 1.54) is 22.3 Å². The lowest BCUT2D eigenvalue weighted by molar-refractivity contribution is 0.0841. The van der Waals surface area contributed by atoms with Crippen molar-refractivity contribution in [2.45, 2.75) is 37.3 Å². The summed E-state index contributed by atoms with van der Waals surface area (Å²) in [7, 11) is 0. The van der Waals surface area contributed by atoms with Crippen LogP contribution >= 0.6 is 0 Å². The summed E-state index contributed by atoms with van der Waals surface area (Å²) in [6.07, 6.45) is 4.52. The monoisotopic (exact) mass is 361 g/mol. The van der Waals surface area contributed by atoms with Gasteiger partial charge < -0.3 is 9.84 Å². The molecule has 2 bridgehead atoms. The molecule has 5 rings (SSSR count). The fourth-order valence-electron chi connectivity index (χ4n) is 4.99. The molecule has 3 aliphatic rings. The number of benzene rings is 2. The van der Waals surface area contributed by atoms with Crippen molar-refractivity contribution >= 4 is 6.09 Å². The molecule has 1 aliphatic carbocycles. The molecule has 27 heavy (non-hydrogen) atoms. The summed E-state index contributed by atoms with van der Waals surface area (Å²) in [5, 5.41) is 9.41. The maximum absolute atomic E-state index is 12.8. The number of carbonyl (C=O) groups excluding carboxylic acids is 1. The van der Waals surface area contributed by atoms with E-state index in [9.17, 15) is 9.90 Å². The first-order valence-electron chi connectivity index (χ1n) is 9.70. The predicted molar refractivity (Wildman–Crippen MR) is 104 cm³/mol. The highest BCUT2D eigenvalue weighted by atomic mass is 16.6. The molecule has 1 saturated heterocycles. The van der Waals surface area contributed by atoms with Crippen molar-refractivity contribution in [3.05, 3.63) is 71.3 Å². The van der Waals surface area contributed by atoms with Gasteiger partial charge in [0.1, 0.15) is 6.61 Å². The van der Waals surface area contributed by atoms with E-state index in [0.29, 0.717) is 6.61 Å². The largest absolute Gasteiger partial charge is 0.448 e. The number of carbonyl (C=O) groups is 1. The van der Waals surface area contributed by atoms with Crippen LogP contribution in [0.15, 0.2) is 60.2 Å². The Balaban J connectivity index is 1.35. The molecule has 4 nitrogen and oxygen atoms in total. The molecule has 0 radical (unpaired) electrons. The van der Waals surface area contributed by atoms with E-state index in [4.69, 9.17) is 4.74 Å². The standard InChI is InChI=1S/C23H23NO3/c25-13-15-11-16-9-10-17(12-15)24(16)23(26)27-14-22-20-7-3-1-5-18(20)19-6-2-4-8-21(19)22/h1-8,11,16-17,22,25H,9-10,12-14H2. The number of amides is 1. The Morgan fingerprint density at radius 3 is 2.33 bits per heavy atom. The first-order valence-corrected chi connectivity index (χ1v) is 9.70. The van der Waals surface area contributed by atoms with Gasteiger partial charge in [0, 0.05) is 12.0 Å². The number of aliphatic hydroxyl groups excluding tert-OH is 1. The summed E-state index contributed by atoms with van der Waals surface area (Å²) >= 11 is 0. The van der Waals surface area contributed by atoms with Gasteiger partial charge in [-0.2, -0.15) is 0 Å². The molecule has 0 spiro atoms. The predicted octanol–water partition coefficient (Wildman–Crippen LogP) is 4.09. The van der Waals surface area contributed by atoms with Gasteiger partial charge in [0.25, 0.3) is 0 Å². The zero-order chi connectivity index (χ0) is 18.4. The minimum Gasteiger partial charge on any atom is -0.448 e. The normalized spacial score (nSPS) is 23.0. The fourth-order valence-corrected chi connectivity index (χ4v) is 4.99. The lowest BCUT2D eigenvalue weighted by atomic mass is 9.98. The summed E-state index contributed by atoms with van der Waals surface area (Å²) in [5.74, 6) is 0.0901. The van der Waals surface area contributed by atoms with Crippen LogP contribution in [0.2, 0.25) is 0 Å². The van der Waals surface area contributed by atoms with Gasteiger partial charge in [-0.05, 0) is 47.1 Å². The summed E-state index contributed by atoms with van der Waals surface area (Å²) in [4.78, 5) is 14.7. The molecule has 2 heterocycles. The summed E-state index contributed by atoms with van der Waals surface area (Å²) in [6, 6.07) is 17.0. The highest BCUT2D eigenvalue weighted by Crippen LogP contribution is 2.44. The van der Waals surface area contributed by atoms with Gasteiger partial charge >= 0.3 is 6.09 Å². The molecule has 0 saturated carbocycles. The number of aliphatic hydroxyl groups is 1. The van der Waals surface area contributed by atoms with Gasteiger partial charge in [0.15, 0.2) is 0 Å². The van der Waals surface area contributed by atoms with Crippen LogP contribution < -0.4 is 0 Å². The molecular formula is C23H23NO3. The molecule has 0 aromatic heterocycles. The third kappa shape index (κ3) is 2.67. The fraction of sp³-hybridized carbons (Fsp3) is 0.348. The Morgan fingerprint density at radius 2 is 1.70 bits per heavy atom. The molecule has 138 valence electrons. The topological polar surface area (TPSA) is 49.8 Å². The van der Waals surface area contributed by atoms with Crippen LogP contribution in [0.3, 0.4) is 0 Å². The summed E-state index contributed by atoms with van der Waals surface area (Å²) in [5.41, 5.74) is 5.99.